The largest absolute Gasteiger partial charge is 0.455 e. The lowest BCUT2D eigenvalue weighted by Crippen LogP contribution is -2.15. The molecule has 0 N–H and O–H groups in total. The molecular formula is C69H42N4OS2. The third kappa shape index (κ3) is 7.23. The Balaban J connectivity index is 0.989. The molecule has 0 amide bonds. The Kier molecular flexibility index (Phi) is 10.3. The highest BCUT2D eigenvalue weighted by Crippen LogP contribution is 2.47. The van der Waals surface area contributed by atoms with Gasteiger partial charge in [-0.05, 0) is 76.5 Å². The molecule has 5 aromatic heterocycles. The monoisotopic (exact) mass is 1010 g/mol. The summed E-state index contributed by atoms with van der Waals surface area (Å²) in [5.74, 6) is 1.72. The van der Waals surface area contributed by atoms with Crippen LogP contribution in [0.5, 0.6) is 0 Å². The van der Waals surface area contributed by atoms with E-state index < -0.39 is 0 Å². The van der Waals surface area contributed by atoms with Crippen molar-refractivity contribution >= 4 is 115 Å². The van der Waals surface area contributed by atoms with Gasteiger partial charge in [-0.3, -0.25) is 0 Å². The number of hydrogen-bond donors (Lipinski definition) is 0. The summed E-state index contributed by atoms with van der Waals surface area (Å²) in [5.41, 5.74) is 13.1. The average molecular weight is 1010 g/mol. The lowest BCUT2D eigenvalue weighted by Gasteiger charge is -2.21. The molecule has 5 heterocycles. The van der Waals surface area contributed by atoms with Crippen molar-refractivity contribution in [2.45, 2.75) is 0 Å². The van der Waals surface area contributed by atoms with Crippen LogP contribution in [0.4, 0.5) is 0 Å². The fraction of sp³-hybridized carbons (Fsp3) is 0. The molecule has 0 spiro atoms. The van der Waals surface area contributed by atoms with Crippen molar-refractivity contribution in [3.63, 3.8) is 0 Å². The Morgan fingerprint density at radius 1 is 0.408 bits per heavy atom. The molecule has 15 rings (SSSR count). The third-order valence-corrected chi connectivity index (χ3v) is 16.8. The van der Waals surface area contributed by atoms with Crippen LogP contribution in [0.1, 0.15) is 5.82 Å². The summed E-state index contributed by atoms with van der Waals surface area (Å²) in [6, 6.07) is 79.7. The molecule has 7 heteroatoms. The van der Waals surface area contributed by atoms with E-state index in [1.165, 1.54) is 30.3 Å². The van der Waals surface area contributed by atoms with Crippen LogP contribution in [0.15, 0.2) is 235 Å². The minimum Gasteiger partial charge on any atom is -0.455 e. The Bertz CT molecular complexity index is 4890. The van der Waals surface area contributed by atoms with Gasteiger partial charge in [0.15, 0.2) is 17.5 Å². The van der Waals surface area contributed by atoms with Crippen molar-refractivity contribution in [2.75, 3.05) is 0 Å². The van der Waals surface area contributed by atoms with Gasteiger partial charge in [0.05, 0.1) is 22.1 Å². The number of fused-ring (bicyclic) bond motifs is 11. The molecule has 0 fully saturated rings. The Labute approximate surface area is 444 Å². The maximum Gasteiger partial charge on any atom is 0.164 e. The van der Waals surface area contributed by atoms with E-state index in [-0.39, 0.29) is 0 Å². The van der Waals surface area contributed by atoms with Crippen LogP contribution in [0.3, 0.4) is 0 Å². The number of aromatic nitrogens is 4. The number of hydrogen-bond acceptors (Lipinski definition) is 6. The minimum atomic E-state index is 0.553. The number of para-hydroxylation sites is 2. The second-order valence-corrected chi connectivity index (χ2v) is 21.3. The van der Waals surface area contributed by atoms with Gasteiger partial charge in [-0.15, -0.1) is 22.7 Å². The molecule has 76 heavy (non-hydrogen) atoms. The first-order chi connectivity index (χ1) is 37.6. The fourth-order valence-corrected chi connectivity index (χ4v) is 13.3. The quantitative estimate of drug-likeness (QED) is 0.152. The summed E-state index contributed by atoms with van der Waals surface area (Å²) in [5, 5.41) is 9.10. The molecular weight excluding hydrogens is 965 g/mol. The van der Waals surface area contributed by atoms with Crippen LogP contribution >= 0.6 is 22.7 Å². The Hall–Kier alpha value is -9.53. The standard InChI is InChI=1S/C69H42N4OS2/c1-42-48(50-25-12-15-32-60(50)75-42)28-18-34-63-70-68(46-35-36-52-51-26-13-16-33-61(51)76-62(52)41-46)72-69(71-63)47-39-56(44-21-7-3-8-22-44)65(57(40-47)45-23-9-4-10-24-45)73-58-31-14-11-27-55(58)64-59(73)38-37-54-53-30-17-29-49(66(53)74-67(54)64)43-19-5-2-6-20-43/h2-41H,1H2/b34-18+,48-28+. The maximum atomic E-state index is 7.14. The molecule has 0 atom stereocenters. The van der Waals surface area contributed by atoms with Gasteiger partial charge in [0.1, 0.15) is 11.2 Å². The normalized spacial score (nSPS) is 12.3. The third-order valence-electron chi connectivity index (χ3n) is 14.7. The molecule has 0 unspecified atom stereocenters. The first-order valence-electron chi connectivity index (χ1n) is 25.3. The van der Waals surface area contributed by atoms with E-state index in [0.717, 1.165) is 104 Å². The average Bonchev–Trinajstić information content (AvgIpc) is 4.33. The molecule has 0 radical (unpaired) electrons. The zero-order valence-corrected chi connectivity index (χ0v) is 42.4. The maximum absolute atomic E-state index is 7.14. The Morgan fingerprint density at radius 2 is 0.974 bits per heavy atom. The molecule has 0 aliphatic rings. The van der Waals surface area contributed by atoms with Crippen LogP contribution in [-0.4, -0.2) is 19.5 Å². The van der Waals surface area contributed by atoms with Crippen molar-refractivity contribution < 1.29 is 4.42 Å². The summed E-state index contributed by atoms with van der Waals surface area (Å²) in [6.07, 6.45) is 6.15. The van der Waals surface area contributed by atoms with E-state index in [4.69, 9.17) is 19.4 Å². The van der Waals surface area contributed by atoms with E-state index in [9.17, 15) is 0 Å². The Morgan fingerprint density at radius 3 is 1.70 bits per heavy atom. The van der Waals surface area contributed by atoms with Gasteiger partial charge >= 0.3 is 0 Å². The topological polar surface area (TPSA) is 56.7 Å². The molecule has 10 aromatic carbocycles. The van der Waals surface area contributed by atoms with E-state index in [0.29, 0.717) is 17.5 Å². The number of furan rings is 1. The second kappa shape index (κ2) is 17.8. The van der Waals surface area contributed by atoms with Gasteiger partial charge in [-0.25, -0.2) is 15.0 Å². The second-order valence-electron chi connectivity index (χ2n) is 19.1. The molecule has 356 valence electrons. The van der Waals surface area contributed by atoms with Crippen LogP contribution in [-0.2, 0) is 0 Å². The zero-order valence-electron chi connectivity index (χ0n) is 40.8. The highest BCUT2D eigenvalue weighted by molar-refractivity contribution is 7.25. The highest BCUT2D eigenvalue weighted by Gasteiger charge is 2.25. The van der Waals surface area contributed by atoms with Gasteiger partial charge in [0.2, 0.25) is 0 Å². The van der Waals surface area contributed by atoms with Gasteiger partial charge in [-0.1, -0.05) is 195 Å². The number of nitrogens with zero attached hydrogens (tertiary/aromatic N) is 4. The van der Waals surface area contributed by atoms with Crippen LogP contribution in [0.25, 0.3) is 155 Å². The van der Waals surface area contributed by atoms with Gasteiger partial charge < -0.3 is 8.98 Å². The summed E-state index contributed by atoms with van der Waals surface area (Å²) in [4.78, 5) is 15.9. The van der Waals surface area contributed by atoms with E-state index >= 15 is 0 Å². The predicted octanol–water partition coefficient (Wildman–Crippen LogP) is 17.7. The molecule has 0 saturated heterocycles. The summed E-state index contributed by atoms with van der Waals surface area (Å²) in [7, 11) is 0. The lowest BCUT2D eigenvalue weighted by atomic mass is 9.92. The number of thiophene rings is 2. The van der Waals surface area contributed by atoms with Gasteiger partial charge in [0.25, 0.3) is 0 Å². The molecule has 15 aromatic rings. The van der Waals surface area contributed by atoms with E-state index in [1.54, 1.807) is 22.7 Å². The van der Waals surface area contributed by atoms with Gasteiger partial charge in [-0.2, -0.15) is 0 Å². The summed E-state index contributed by atoms with van der Waals surface area (Å²) in [6.45, 7) is 4.40. The van der Waals surface area contributed by atoms with Crippen LogP contribution in [0, 0.1) is 0 Å². The number of allylic oxidation sites excluding steroid dienone is 1. The van der Waals surface area contributed by atoms with Gasteiger partial charge in [0, 0.05) is 78.8 Å². The molecule has 0 aliphatic carbocycles. The van der Waals surface area contributed by atoms with E-state index in [1.807, 2.05) is 12.2 Å². The van der Waals surface area contributed by atoms with Crippen molar-refractivity contribution in [1.82, 2.24) is 19.5 Å². The first kappa shape index (κ1) is 44.0. The van der Waals surface area contributed by atoms with Crippen molar-refractivity contribution in [1.29, 1.82) is 0 Å². The predicted molar refractivity (Wildman–Crippen MR) is 322 cm³/mol. The molecule has 5 nitrogen and oxygen atoms in total. The van der Waals surface area contributed by atoms with Crippen molar-refractivity contribution in [3.8, 4) is 61.8 Å². The zero-order chi connectivity index (χ0) is 50.3. The SMILES string of the molecule is C=c1sc2ccccc2/c1=C/C=C/c1nc(-c2cc(-c3ccccc3)c(-n3c4ccccc4c4c5oc6c(-c7ccccc7)cccc6c5ccc43)c(-c3ccccc3)c2)nc(-c2ccc3c(c2)sc2ccccc23)n1. The smallest absolute Gasteiger partial charge is 0.164 e. The van der Waals surface area contributed by atoms with Crippen LogP contribution in [0.2, 0.25) is 0 Å². The fourth-order valence-electron chi connectivity index (χ4n) is 11.2. The molecule has 0 bridgehead atoms. The number of benzene rings is 10. The lowest BCUT2D eigenvalue weighted by molar-refractivity contribution is 0.674. The molecule has 0 saturated carbocycles. The van der Waals surface area contributed by atoms with Crippen molar-refractivity contribution in [3.05, 3.63) is 246 Å². The number of rotatable bonds is 8. The van der Waals surface area contributed by atoms with Crippen molar-refractivity contribution in [2.24, 2.45) is 0 Å². The summed E-state index contributed by atoms with van der Waals surface area (Å²) >= 11 is 3.49. The molecule has 0 aliphatic heterocycles. The highest BCUT2D eigenvalue weighted by atomic mass is 32.1. The first-order valence-corrected chi connectivity index (χ1v) is 27.0. The minimum absolute atomic E-state index is 0.553. The summed E-state index contributed by atoms with van der Waals surface area (Å²) < 4.78 is 14.2. The van der Waals surface area contributed by atoms with E-state index in [2.05, 4.69) is 242 Å². The van der Waals surface area contributed by atoms with Crippen LogP contribution < -0.4 is 9.75 Å².